The minimum Gasteiger partial charge on any atom is -0.478 e. The van der Waals surface area contributed by atoms with Gasteiger partial charge in [-0.05, 0) is 54.4 Å². The lowest BCUT2D eigenvalue weighted by Crippen LogP contribution is -2.43. The van der Waals surface area contributed by atoms with Crippen LogP contribution in [0.3, 0.4) is 0 Å². The van der Waals surface area contributed by atoms with Crippen molar-refractivity contribution in [3.8, 4) is 0 Å². The maximum Gasteiger partial charge on any atom is 0.335 e. The number of hydrogen-bond donors (Lipinski definition) is 2. The molecule has 4 rings (SSSR count). The zero-order valence-electron chi connectivity index (χ0n) is 14.7. The van der Waals surface area contributed by atoms with Crippen molar-refractivity contribution < 1.29 is 14.7 Å². The molecule has 0 spiro atoms. The molecule has 1 amide bonds. The van der Waals surface area contributed by atoms with Gasteiger partial charge in [0.1, 0.15) is 6.17 Å². The van der Waals surface area contributed by atoms with Gasteiger partial charge >= 0.3 is 5.97 Å². The number of anilines is 2. The quantitative estimate of drug-likeness (QED) is 0.725. The average Bonchev–Trinajstić information content (AvgIpc) is 2.68. The Bertz CT molecular complexity index is 1030. The second kappa shape index (κ2) is 6.61. The molecule has 2 N–H and O–H groups in total. The molecular weight excluding hydrogens is 340 g/mol. The first-order valence-electron chi connectivity index (χ1n) is 8.63. The number of carbonyl (C=O) groups excluding carboxylic acids is 1. The number of hydrogen-bond acceptors (Lipinski definition) is 3. The van der Waals surface area contributed by atoms with Gasteiger partial charge in [-0.15, -0.1) is 0 Å². The Balaban J connectivity index is 1.83. The standard InChI is InChI=1S/C22H18N2O3/c1-14-5-4-6-17(13-14)24-20(15-9-11-16(12-10-15)22(26)27)23-19-8-3-2-7-18(19)21(24)25/h2-13,20,23H,1H3,(H,26,27)/t20-/m0/s1. The number of nitrogens with zero attached hydrogens (tertiary/aromatic N) is 1. The normalized spacial score (nSPS) is 15.8. The van der Waals surface area contributed by atoms with Crippen LogP contribution in [-0.4, -0.2) is 17.0 Å². The summed E-state index contributed by atoms with van der Waals surface area (Å²) in [6.45, 7) is 1.98. The molecule has 0 saturated heterocycles. The summed E-state index contributed by atoms with van der Waals surface area (Å²) in [7, 11) is 0. The number of rotatable bonds is 3. The van der Waals surface area contributed by atoms with Gasteiger partial charge in [0.2, 0.25) is 0 Å². The largest absolute Gasteiger partial charge is 0.478 e. The van der Waals surface area contributed by atoms with Crippen LogP contribution in [0, 0.1) is 6.92 Å². The molecule has 134 valence electrons. The first kappa shape index (κ1) is 16.8. The molecule has 0 saturated carbocycles. The van der Waals surface area contributed by atoms with Crippen LogP contribution < -0.4 is 10.2 Å². The van der Waals surface area contributed by atoms with E-state index in [1.807, 2.05) is 49.4 Å². The molecule has 3 aromatic carbocycles. The Labute approximate surface area is 156 Å². The van der Waals surface area contributed by atoms with E-state index < -0.39 is 12.1 Å². The van der Waals surface area contributed by atoms with E-state index in [-0.39, 0.29) is 11.5 Å². The maximum absolute atomic E-state index is 13.3. The summed E-state index contributed by atoms with van der Waals surface area (Å²) in [5, 5.41) is 12.6. The van der Waals surface area contributed by atoms with Crippen LogP contribution in [0.1, 0.15) is 38.0 Å². The number of aryl methyl sites for hydroxylation is 1. The van der Waals surface area contributed by atoms with Gasteiger partial charge in [-0.2, -0.15) is 0 Å². The topological polar surface area (TPSA) is 69.6 Å². The van der Waals surface area contributed by atoms with Gasteiger partial charge in [-0.1, -0.05) is 36.4 Å². The molecule has 0 aromatic heterocycles. The summed E-state index contributed by atoms with van der Waals surface area (Å²) in [5.74, 6) is -1.07. The molecular formula is C22H18N2O3. The van der Waals surface area contributed by atoms with Crippen LogP contribution >= 0.6 is 0 Å². The zero-order valence-corrected chi connectivity index (χ0v) is 14.7. The van der Waals surface area contributed by atoms with Gasteiger partial charge < -0.3 is 10.4 Å². The van der Waals surface area contributed by atoms with E-state index in [2.05, 4.69) is 5.32 Å². The number of aromatic carboxylic acids is 1. The molecule has 27 heavy (non-hydrogen) atoms. The highest BCUT2D eigenvalue weighted by Gasteiger charge is 2.34. The van der Waals surface area contributed by atoms with Crippen molar-refractivity contribution in [3.63, 3.8) is 0 Å². The fraction of sp³-hybridized carbons (Fsp3) is 0.0909. The van der Waals surface area contributed by atoms with Crippen LogP contribution in [0.25, 0.3) is 0 Å². The molecule has 3 aromatic rings. The van der Waals surface area contributed by atoms with Crippen molar-refractivity contribution in [2.45, 2.75) is 13.1 Å². The number of para-hydroxylation sites is 1. The molecule has 1 aliphatic rings. The van der Waals surface area contributed by atoms with E-state index in [1.165, 1.54) is 0 Å². The van der Waals surface area contributed by atoms with Crippen molar-refractivity contribution in [2.24, 2.45) is 0 Å². The molecule has 0 radical (unpaired) electrons. The maximum atomic E-state index is 13.3. The minimum atomic E-state index is -0.977. The van der Waals surface area contributed by atoms with Crippen LogP contribution in [0.2, 0.25) is 0 Å². The second-order valence-electron chi connectivity index (χ2n) is 6.53. The van der Waals surface area contributed by atoms with Crippen molar-refractivity contribution >= 4 is 23.3 Å². The third kappa shape index (κ3) is 3.04. The van der Waals surface area contributed by atoms with Gasteiger partial charge in [0, 0.05) is 11.4 Å². The lowest BCUT2D eigenvalue weighted by Gasteiger charge is -2.38. The number of nitrogens with one attached hydrogen (secondary N) is 1. The van der Waals surface area contributed by atoms with Crippen LogP contribution in [0.5, 0.6) is 0 Å². The van der Waals surface area contributed by atoms with Crippen molar-refractivity contribution in [1.82, 2.24) is 0 Å². The molecule has 1 aliphatic heterocycles. The second-order valence-corrected chi connectivity index (χ2v) is 6.53. The predicted octanol–water partition coefficient (Wildman–Crippen LogP) is 4.46. The van der Waals surface area contributed by atoms with Crippen LogP contribution in [0.15, 0.2) is 72.8 Å². The van der Waals surface area contributed by atoms with Gasteiger partial charge in [0.25, 0.3) is 5.91 Å². The zero-order chi connectivity index (χ0) is 19.0. The van der Waals surface area contributed by atoms with E-state index in [1.54, 1.807) is 35.2 Å². The fourth-order valence-corrected chi connectivity index (χ4v) is 3.34. The van der Waals surface area contributed by atoms with Crippen molar-refractivity contribution in [2.75, 3.05) is 10.2 Å². The van der Waals surface area contributed by atoms with Crippen LogP contribution in [-0.2, 0) is 0 Å². The van der Waals surface area contributed by atoms with E-state index in [9.17, 15) is 9.59 Å². The molecule has 0 unspecified atom stereocenters. The first-order chi connectivity index (χ1) is 13.0. The minimum absolute atomic E-state index is 0.0951. The Morgan fingerprint density at radius 1 is 1.00 bits per heavy atom. The summed E-state index contributed by atoms with van der Waals surface area (Å²) < 4.78 is 0. The average molecular weight is 358 g/mol. The third-order valence-electron chi connectivity index (χ3n) is 4.68. The first-order valence-corrected chi connectivity index (χ1v) is 8.63. The molecule has 0 fully saturated rings. The van der Waals surface area contributed by atoms with Crippen molar-refractivity contribution in [1.29, 1.82) is 0 Å². The summed E-state index contributed by atoms with van der Waals surface area (Å²) >= 11 is 0. The molecule has 0 aliphatic carbocycles. The molecule has 0 bridgehead atoms. The number of carboxylic acids is 1. The Kier molecular flexibility index (Phi) is 4.12. The van der Waals surface area contributed by atoms with E-state index in [0.29, 0.717) is 5.56 Å². The SMILES string of the molecule is Cc1cccc(N2C(=O)c3ccccc3N[C@@H]2c2ccc(C(=O)O)cc2)c1. The van der Waals surface area contributed by atoms with Crippen molar-refractivity contribution in [3.05, 3.63) is 95.1 Å². The molecule has 5 nitrogen and oxygen atoms in total. The van der Waals surface area contributed by atoms with Gasteiger partial charge in [-0.25, -0.2) is 4.79 Å². The summed E-state index contributed by atoms with van der Waals surface area (Å²) in [6, 6.07) is 21.8. The Hall–Kier alpha value is -3.60. The Morgan fingerprint density at radius 2 is 1.74 bits per heavy atom. The highest BCUT2D eigenvalue weighted by molar-refractivity contribution is 6.12. The van der Waals surface area contributed by atoms with Gasteiger partial charge in [0.15, 0.2) is 0 Å². The van der Waals surface area contributed by atoms with Gasteiger partial charge in [-0.3, -0.25) is 9.69 Å². The van der Waals surface area contributed by atoms with Gasteiger partial charge in [0.05, 0.1) is 11.1 Å². The van der Waals surface area contributed by atoms with E-state index in [0.717, 1.165) is 22.5 Å². The smallest absolute Gasteiger partial charge is 0.335 e. The number of fused-ring (bicyclic) bond motifs is 1. The highest BCUT2D eigenvalue weighted by atomic mass is 16.4. The number of carbonyl (C=O) groups is 2. The highest BCUT2D eigenvalue weighted by Crippen LogP contribution is 2.36. The van der Waals surface area contributed by atoms with E-state index >= 15 is 0 Å². The Morgan fingerprint density at radius 3 is 2.44 bits per heavy atom. The number of benzene rings is 3. The summed E-state index contributed by atoms with van der Waals surface area (Å²) in [6.07, 6.45) is -0.433. The molecule has 5 heteroatoms. The third-order valence-corrected chi connectivity index (χ3v) is 4.68. The van der Waals surface area contributed by atoms with E-state index in [4.69, 9.17) is 5.11 Å². The lowest BCUT2D eigenvalue weighted by atomic mass is 10.0. The van der Waals surface area contributed by atoms with Crippen LogP contribution in [0.4, 0.5) is 11.4 Å². The molecule has 1 atom stereocenters. The lowest BCUT2D eigenvalue weighted by molar-refractivity contribution is 0.0696. The fourth-order valence-electron chi connectivity index (χ4n) is 3.34. The summed E-state index contributed by atoms with van der Waals surface area (Å²) in [4.78, 5) is 26.1. The number of amides is 1. The monoisotopic (exact) mass is 358 g/mol. The summed E-state index contributed by atoms with van der Waals surface area (Å²) in [5.41, 5.74) is 4.23. The number of carboxylic acid groups (broad SMARTS) is 1. The predicted molar refractivity (Wildman–Crippen MR) is 104 cm³/mol. The molecule has 1 heterocycles.